The molecule has 0 fully saturated rings. The largest absolute Gasteiger partial charge is 0.447 e. The van der Waals surface area contributed by atoms with E-state index in [1.165, 1.54) is 6.07 Å². The molecule has 22 heavy (non-hydrogen) atoms. The summed E-state index contributed by atoms with van der Waals surface area (Å²) in [6.45, 7) is 5.17. The highest BCUT2D eigenvalue weighted by Gasteiger charge is 2.26. The van der Waals surface area contributed by atoms with Crippen LogP contribution in [0.25, 0.3) is 0 Å². The smallest absolute Gasteiger partial charge is 0.287 e. The summed E-state index contributed by atoms with van der Waals surface area (Å²) < 4.78 is 44.9. The molecule has 0 aliphatic carbocycles. The summed E-state index contributed by atoms with van der Waals surface area (Å²) in [4.78, 5) is 15.2. The van der Waals surface area contributed by atoms with E-state index in [0.29, 0.717) is 5.56 Å². The first-order chi connectivity index (χ1) is 10.2. The number of carbonyl (C=O) groups is 1. The zero-order valence-corrected chi connectivity index (χ0v) is 13.1. The molecule has 1 N–H and O–H groups in total. The summed E-state index contributed by atoms with van der Waals surface area (Å²) >= 11 is 0. The van der Waals surface area contributed by atoms with Crippen molar-refractivity contribution in [2.45, 2.75) is 31.6 Å². The number of benzene rings is 1. The van der Waals surface area contributed by atoms with Gasteiger partial charge in [0, 0.05) is 5.92 Å². The minimum Gasteiger partial charge on any atom is -0.447 e. The van der Waals surface area contributed by atoms with Crippen LogP contribution in [-0.4, -0.2) is 19.3 Å². The summed E-state index contributed by atoms with van der Waals surface area (Å²) in [6.07, 6.45) is 1.06. The van der Waals surface area contributed by atoms with Gasteiger partial charge in [0.2, 0.25) is 0 Å². The Bertz CT molecular complexity index is 812. The van der Waals surface area contributed by atoms with Crippen molar-refractivity contribution in [2.75, 3.05) is 0 Å². The van der Waals surface area contributed by atoms with Crippen molar-refractivity contribution in [1.29, 1.82) is 0 Å². The standard InChI is InChI=1S/C14H15FN2O4S/c1-8(2)13-12(16-7-21-13)14(18)17-22(19,20)11-5-4-9(3)6-10(11)15/h4-8H,1-3H3,(H,17,18). The molecule has 0 aliphatic rings. The molecule has 8 heteroatoms. The van der Waals surface area contributed by atoms with Gasteiger partial charge in [0.05, 0.1) is 0 Å². The minimum atomic E-state index is -4.33. The zero-order valence-electron chi connectivity index (χ0n) is 12.3. The van der Waals surface area contributed by atoms with Crippen molar-refractivity contribution >= 4 is 15.9 Å². The highest BCUT2D eigenvalue weighted by molar-refractivity contribution is 7.90. The Balaban J connectivity index is 2.32. The summed E-state index contributed by atoms with van der Waals surface area (Å²) in [7, 11) is -4.33. The third-order valence-corrected chi connectivity index (χ3v) is 4.30. The third kappa shape index (κ3) is 3.16. The Hall–Kier alpha value is -2.22. The van der Waals surface area contributed by atoms with Crippen LogP contribution in [0.3, 0.4) is 0 Å². The summed E-state index contributed by atoms with van der Waals surface area (Å²) in [6, 6.07) is 3.62. The molecule has 1 heterocycles. The molecule has 118 valence electrons. The minimum absolute atomic E-state index is 0.133. The third-order valence-electron chi connectivity index (χ3n) is 2.94. The molecule has 0 spiro atoms. The molecule has 0 saturated heterocycles. The maximum atomic E-state index is 13.8. The molecular formula is C14H15FN2O4S. The number of aryl methyl sites for hydroxylation is 1. The second kappa shape index (κ2) is 5.88. The lowest BCUT2D eigenvalue weighted by molar-refractivity contribution is 0.0974. The van der Waals surface area contributed by atoms with E-state index in [9.17, 15) is 17.6 Å². The SMILES string of the molecule is Cc1ccc(S(=O)(=O)NC(=O)c2ncoc2C(C)C)c(F)c1. The molecule has 0 atom stereocenters. The summed E-state index contributed by atoms with van der Waals surface area (Å²) in [5.41, 5.74) is 0.437. The molecular weight excluding hydrogens is 311 g/mol. The molecule has 0 aliphatic heterocycles. The predicted octanol–water partition coefficient (Wildman–Crippen LogP) is 2.36. The van der Waals surface area contributed by atoms with Gasteiger partial charge in [-0.05, 0) is 24.6 Å². The fourth-order valence-electron chi connectivity index (χ4n) is 1.88. The van der Waals surface area contributed by atoms with Gasteiger partial charge in [0.25, 0.3) is 15.9 Å². The van der Waals surface area contributed by atoms with Crippen molar-refractivity contribution < 1.29 is 22.0 Å². The normalized spacial score (nSPS) is 11.7. The number of hydrogen-bond donors (Lipinski definition) is 1. The summed E-state index contributed by atoms with van der Waals surface area (Å²) in [5.74, 6) is -1.78. The van der Waals surface area contributed by atoms with Gasteiger partial charge in [0.15, 0.2) is 12.1 Å². The number of nitrogens with zero attached hydrogens (tertiary/aromatic N) is 1. The lowest BCUT2D eigenvalue weighted by Crippen LogP contribution is -2.32. The molecule has 1 amide bonds. The number of carbonyl (C=O) groups excluding carboxylic acids is 1. The van der Waals surface area contributed by atoms with Gasteiger partial charge >= 0.3 is 0 Å². The Labute approximate surface area is 127 Å². The van der Waals surface area contributed by atoms with Crippen LogP contribution in [0.2, 0.25) is 0 Å². The van der Waals surface area contributed by atoms with Crippen LogP contribution in [-0.2, 0) is 10.0 Å². The first kappa shape index (κ1) is 16.2. The molecule has 0 unspecified atom stereocenters. The molecule has 2 rings (SSSR count). The number of hydrogen-bond acceptors (Lipinski definition) is 5. The molecule has 1 aromatic heterocycles. The van der Waals surface area contributed by atoms with E-state index in [0.717, 1.165) is 18.5 Å². The number of sulfonamides is 1. The van der Waals surface area contributed by atoms with Gasteiger partial charge in [-0.1, -0.05) is 19.9 Å². The van der Waals surface area contributed by atoms with Crippen LogP contribution in [0.1, 0.15) is 41.6 Å². The van der Waals surface area contributed by atoms with E-state index in [1.807, 2.05) is 0 Å². The highest BCUT2D eigenvalue weighted by Crippen LogP contribution is 2.20. The van der Waals surface area contributed by atoms with Gasteiger partial charge in [0.1, 0.15) is 16.5 Å². The number of nitrogens with one attached hydrogen (secondary N) is 1. The van der Waals surface area contributed by atoms with Crippen LogP contribution < -0.4 is 4.72 Å². The molecule has 0 radical (unpaired) electrons. The summed E-state index contributed by atoms with van der Waals surface area (Å²) in [5, 5.41) is 0. The van der Waals surface area contributed by atoms with Gasteiger partial charge in [-0.15, -0.1) is 0 Å². The fraction of sp³-hybridized carbons (Fsp3) is 0.286. The van der Waals surface area contributed by atoms with E-state index in [-0.39, 0.29) is 17.4 Å². The second-order valence-corrected chi connectivity index (χ2v) is 6.74. The predicted molar refractivity (Wildman–Crippen MR) is 76.4 cm³/mol. The number of aromatic nitrogens is 1. The number of oxazole rings is 1. The van der Waals surface area contributed by atoms with E-state index in [4.69, 9.17) is 4.42 Å². The average molecular weight is 326 g/mol. The Kier molecular flexibility index (Phi) is 4.32. The van der Waals surface area contributed by atoms with Gasteiger partial charge in [-0.25, -0.2) is 22.5 Å². The van der Waals surface area contributed by atoms with Crippen molar-refractivity contribution in [3.8, 4) is 0 Å². The van der Waals surface area contributed by atoms with Gasteiger partial charge < -0.3 is 4.42 Å². The van der Waals surface area contributed by atoms with E-state index in [1.54, 1.807) is 25.5 Å². The van der Waals surface area contributed by atoms with Crippen LogP contribution in [0.15, 0.2) is 33.9 Å². The first-order valence-electron chi connectivity index (χ1n) is 6.49. The maximum absolute atomic E-state index is 13.8. The Morgan fingerprint density at radius 2 is 2.05 bits per heavy atom. The van der Waals surface area contributed by atoms with Crippen molar-refractivity contribution in [1.82, 2.24) is 9.71 Å². The molecule has 0 saturated carbocycles. The van der Waals surface area contributed by atoms with Crippen LogP contribution >= 0.6 is 0 Å². The van der Waals surface area contributed by atoms with E-state index in [2.05, 4.69) is 4.98 Å². The fourth-order valence-corrected chi connectivity index (χ4v) is 2.90. The highest BCUT2D eigenvalue weighted by atomic mass is 32.2. The molecule has 1 aromatic carbocycles. The molecule has 0 bridgehead atoms. The van der Waals surface area contributed by atoms with Crippen LogP contribution in [0.5, 0.6) is 0 Å². The number of amides is 1. The molecule has 6 nitrogen and oxygen atoms in total. The van der Waals surface area contributed by atoms with Crippen LogP contribution in [0.4, 0.5) is 4.39 Å². The lowest BCUT2D eigenvalue weighted by atomic mass is 10.1. The van der Waals surface area contributed by atoms with E-state index >= 15 is 0 Å². The van der Waals surface area contributed by atoms with Gasteiger partial charge in [-0.3, -0.25) is 4.79 Å². The van der Waals surface area contributed by atoms with Crippen molar-refractivity contribution in [3.05, 3.63) is 47.4 Å². The second-order valence-electron chi connectivity index (χ2n) is 5.09. The average Bonchev–Trinajstić information content (AvgIpc) is 2.86. The monoisotopic (exact) mass is 326 g/mol. The lowest BCUT2D eigenvalue weighted by Gasteiger charge is -2.08. The van der Waals surface area contributed by atoms with Crippen molar-refractivity contribution in [3.63, 3.8) is 0 Å². The van der Waals surface area contributed by atoms with E-state index < -0.39 is 26.6 Å². The van der Waals surface area contributed by atoms with Crippen molar-refractivity contribution in [2.24, 2.45) is 0 Å². The quantitative estimate of drug-likeness (QED) is 0.931. The Morgan fingerprint density at radius 1 is 1.36 bits per heavy atom. The number of rotatable bonds is 4. The first-order valence-corrected chi connectivity index (χ1v) is 7.97. The Morgan fingerprint density at radius 3 is 2.64 bits per heavy atom. The van der Waals surface area contributed by atoms with Gasteiger partial charge in [-0.2, -0.15) is 0 Å². The number of halogens is 1. The maximum Gasteiger partial charge on any atom is 0.287 e. The van der Waals surface area contributed by atoms with Crippen LogP contribution in [0, 0.1) is 12.7 Å². The topological polar surface area (TPSA) is 89.3 Å². The molecule has 2 aromatic rings. The zero-order chi connectivity index (χ0) is 16.5.